The van der Waals surface area contributed by atoms with E-state index in [1.807, 2.05) is 12.1 Å². The van der Waals surface area contributed by atoms with E-state index in [1.165, 1.54) is 32.2 Å². The van der Waals surface area contributed by atoms with Crippen molar-refractivity contribution in [1.29, 1.82) is 0 Å². The molecule has 9 heteroatoms. The highest BCUT2D eigenvalue weighted by Crippen LogP contribution is 2.29. The quantitative estimate of drug-likeness (QED) is 0.337. The van der Waals surface area contributed by atoms with Crippen LogP contribution in [0.5, 0.6) is 0 Å². The van der Waals surface area contributed by atoms with Gasteiger partial charge in [0.2, 0.25) is 0 Å². The van der Waals surface area contributed by atoms with Crippen LogP contribution in [0.15, 0.2) is 82.5 Å². The Morgan fingerprint density at radius 1 is 0.844 bits per heavy atom. The number of benzene rings is 2. The van der Waals surface area contributed by atoms with Crippen molar-refractivity contribution in [3.8, 4) is 0 Å². The van der Waals surface area contributed by atoms with E-state index < -0.39 is 11.9 Å². The van der Waals surface area contributed by atoms with Crippen molar-refractivity contribution in [1.82, 2.24) is 4.98 Å². The number of ether oxygens (including phenoxy) is 2. The van der Waals surface area contributed by atoms with Crippen molar-refractivity contribution in [3.63, 3.8) is 0 Å². The fourth-order valence-electron chi connectivity index (χ4n) is 2.67. The Morgan fingerprint density at radius 3 is 1.97 bits per heavy atom. The lowest BCUT2D eigenvalue weighted by Crippen LogP contribution is -2.20. The van der Waals surface area contributed by atoms with Gasteiger partial charge in [-0.3, -0.25) is 0 Å². The minimum Gasteiger partial charge on any atom is -0.465 e. The van der Waals surface area contributed by atoms with Crippen LogP contribution in [0.2, 0.25) is 10.0 Å². The normalized spacial score (nSPS) is 11.4. The third-order valence-electron chi connectivity index (χ3n) is 4.20. The molecule has 3 aromatic rings. The first-order valence-electron chi connectivity index (χ1n) is 9.24. The van der Waals surface area contributed by atoms with E-state index in [1.54, 1.807) is 48.5 Å². The van der Waals surface area contributed by atoms with Crippen LogP contribution in [0, 0.1) is 0 Å². The number of halogens is 2. The first kappa shape index (κ1) is 23.7. The summed E-state index contributed by atoms with van der Waals surface area (Å²) < 4.78 is 9.81. The maximum absolute atomic E-state index is 12.6. The van der Waals surface area contributed by atoms with Gasteiger partial charge in [0.25, 0.3) is 0 Å². The maximum Gasteiger partial charge on any atom is 0.355 e. The lowest BCUT2D eigenvalue weighted by atomic mass is 10.1. The Balaban J connectivity index is 1.98. The zero-order chi connectivity index (χ0) is 23.1. The van der Waals surface area contributed by atoms with Crippen LogP contribution < -0.4 is 5.32 Å². The minimum atomic E-state index is -0.736. The number of nitrogens with zero attached hydrogens (tertiary/aromatic N) is 1. The number of carbonyl (C=O) groups is 2. The number of nitrogens with one attached hydrogen (secondary N) is 1. The summed E-state index contributed by atoms with van der Waals surface area (Å²) in [7, 11) is 2.46. The van der Waals surface area contributed by atoms with Gasteiger partial charge in [-0.1, -0.05) is 35.0 Å². The molecule has 6 nitrogen and oxygen atoms in total. The molecule has 3 rings (SSSR count). The number of anilines is 1. The Bertz CT molecular complexity index is 1130. The average Bonchev–Trinajstić information content (AvgIpc) is 2.81. The lowest BCUT2D eigenvalue weighted by Gasteiger charge is -2.15. The van der Waals surface area contributed by atoms with Crippen molar-refractivity contribution in [2.75, 3.05) is 19.5 Å². The molecular weight excluding hydrogens is 471 g/mol. The van der Waals surface area contributed by atoms with Gasteiger partial charge in [-0.2, -0.15) is 0 Å². The summed E-state index contributed by atoms with van der Waals surface area (Å²) in [5, 5.41) is 4.81. The predicted octanol–water partition coefficient (Wildman–Crippen LogP) is 5.71. The van der Waals surface area contributed by atoms with E-state index in [-0.39, 0.29) is 11.3 Å². The van der Waals surface area contributed by atoms with Crippen LogP contribution in [0.25, 0.3) is 5.57 Å². The summed E-state index contributed by atoms with van der Waals surface area (Å²) in [6.07, 6.45) is 1.50. The number of pyridine rings is 1. The molecule has 0 aliphatic heterocycles. The highest BCUT2D eigenvalue weighted by Gasteiger charge is 2.25. The van der Waals surface area contributed by atoms with Crippen LogP contribution in [0.1, 0.15) is 5.56 Å². The van der Waals surface area contributed by atoms with Crippen LogP contribution in [0.3, 0.4) is 0 Å². The van der Waals surface area contributed by atoms with Gasteiger partial charge in [0, 0.05) is 32.4 Å². The van der Waals surface area contributed by atoms with Gasteiger partial charge in [-0.05, 0) is 60.7 Å². The third kappa shape index (κ3) is 6.03. The van der Waals surface area contributed by atoms with E-state index in [2.05, 4.69) is 10.3 Å². The molecule has 0 amide bonds. The van der Waals surface area contributed by atoms with Crippen molar-refractivity contribution < 1.29 is 19.1 Å². The van der Waals surface area contributed by atoms with Crippen LogP contribution in [0.4, 0.5) is 5.69 Å². The monoisotopic (exact) mass is 488 g/mol. The summed E-state index contributed by atoms with van der Waals surface area (Å²) >= 11 is 13.3. The third-order valence-corrected chi connectivity index (χ3v) is 5.67. The summed E-state index contributed by atoms with van der Waals surface area (Å²) in [6, 6.07) is 17.4. The van der Waals surface area contributed by atoms with E-state index in [4.69, 9.17) is 32.7 Å². The molecule has 164 valence electrons. The summed E-state index contributed by atoms with van der Waals surface area (Å²) in [4.78, 5) is 30.5. The second-order valence-electron chi connectivity index (χ2n) is 6.31. The summed E-state index contributed by atoms with van der Waals surface area (Å²) in [5.74, 6) is -1.45. The first-order chi connectivity index (χ1) is 15.4. The van der Waals surface area contributed by atoms with Gasteiger partial charge in [0.15, 0.2) is 0 Å². The van der Waals surface area contributed by atoms with Gasteiger partial charge in [-0.15, -0.1) is 0 Å². The van der Waals surface area contributed by atoms with E-state index in [9.17, 15) is 9.59 Å². The minimum absolute atomic E-state index is 0.00940. The van der Waals surface area contributed by atoms with Crippen LogP contribution >= 0.6 is 35.0 Å². The molecule has 0 bridgehead atoms. The van der Waals surface area contributed by atoms with Gasteiger partial charge < -0.3 is 14.8 Å². The molecule has 1 heterocycles. The second-order valence-corrected chi connectivity index (χ2v) is 8.27. The van der Waals surface area contributed by atoms with Crippen molar-refractivity contribution in [3.05, 3.63) is 88.2 Å². The van der Waals surface area contributed by atoms with Gasteiger partial charge in [0.05, 0.1) is 19.8 Å². The fraction of sp³-hybridized carbons (Fsp3) is 0.0870. The zero-order valence-electron chi connectivity index (χ0n) is 17.1. The Labute approximate surface area is 199 Å². The van der Waals surface area contributed by atoms with Crippen molar-refractivity contribution in [2.45, 2.75) is 9.92 Å². The largest absolute Gasteiger partial charge is 0.465 e. The van der Waals surface area contributed by atoms with E-state index in [0.717, 1.165) is 4.90 Å². The zero-order valence-corrected chi connectivity index (χ0v) is 19.4. The molecule has 0 saturated carbocycles. The number of aromatic nitrogens is 1. The van der Waals surface area contributed by atoms with E-state index >= 15 is 0 Å². The molecule has 32 heavy (non-hydrogen) atoms. The fourth-order valence-corrected chi connectivity index (χ4v) is 3.68. The number of hydrogen-bond acceptors (Lipinski definition) is 7. The maximum atomic E-state index is 12.6. The average molecular weight is 489 g/mol. The predicted molar refractivity (Wildman–Crippen MR) is 126 cm³/mol. The Kier molecular flexibility index (Phi) is 8.16. The molecule has 0 aliphatic rings. The molecule has 0 saturated heterocycles. The van der Waals surface area contributed by atoms with E-state index in [0.29, 0.717) is 26.3 Å². The van der Waals surface area contributed by atoms with Crippen molar-refractivity contribution >= 4 is 58.2 Å². The molecule has 0 fully saturated rings. The summed E-state index contributed by atoms with van der Waals surface area (Å²) in [5.41, 5.74) is 0.838. The molecular formula is C23H18Cl2N2O4S. The second kappa shape index (κ2) is 11.0. The SMILES string of the molecule is COC(=O)/C(Nc1ccc(Cl)cc1)=C(\C(=O)OC)c1ccc(Sc2ccc(Cl)cc2)nc1. The lowest BCUT2D eigenvalue weighted by molar-refractivity contribution is -0.137. The number of rotatable bonds is 7. The Hall–Kier alpha value is -3.00. The smallest absolute Gasteiger partial charge is 0.355 e. The molecule has 0 radical (unpaired) electrons. The Morgan fingerprint density at radius 2 is 1.44 bits per heavy atom. The van der Waals surface area contributed by atoms with Gasteiger partial charge in [0.1, 0.15) is 10.7 Å². The number of methoxy groups -OCH3 is 2. The summed E-state index contributed by atoms with van der Waals surface area (Å²) in [6.45, 7) is 0. The van der Waals surface area contributed by atoms with Gasteiger partial charge >= 0.3 is 11.9 Å². The van der Waals surface area contributed by atoms with Crippen molar-refractivity contribution in [2.24, 2.45) is 0 Å². The van der Waals surface area contributed by atoms with Crippen LogP contribution in [-0.4, -0.2) is 31.1 Å². The van der Waals surface area contributed by atoms with Crippen LogP contribution in [-0.2, 0) is 19.1 Å². The molecule has 1 N–H and O–H groups in total. The topological polar surface area (TPSA) is 77.5 Å². The number of carbonyl (C=O) groups excluding carboxylic acids is 2. The first-order valence-corrected chi connectivity index (χ1v) is 10.8. The highest BCUT2D eigenvalue weighted by molar-refractivity contribution is 7.99. The number of esters is 2. The molecule has 0 unspecified atom stereocenters. The highest BCUT2D eigenvalue weighted by atomic mass is 35.5. The molecule has 0 aliphatic carbocycles. The molecule has 0 atom stereocenters. The standard InChI is InChI=1S/C23H18Cl2N2O4S/c1-30-22(28)20(21(23(29)31-2)27-17-8-4-15(24)5-9-17)14-3-12-19(26-13-14)32-18-10-6-16(25)7-11-18/h3-13,27H,1-2H3/b21-20+. The van der Waals surface area contributed by atoms with Gasteiger partial charge in [-0.25, -0.2) is 14.6 Å². The molecule has 1 aromatic heterocycles. The molecule has 0 spiro atoms. The number of hydrogen-bond donors (Lipinski definition) is 1. The molecule has 2 aromatic carbocycles.